The van der Waals surface area contributed by atoms with Crippen LogP contribution in [-0.4, -0.2) is 43.3 Å². The van der Waals surface area contributed by atoms with Gasteiger partial charge < -0.3 is 4.74 Å². The van der Waals surface area contributed by atoms with E-state index in [-0.39, 0.29) is 11.7 Å². The quantitative estimate of drug-likeness (QED) is 0.671. The van der Waals surface area contributed by atoms with Crippen molar-refractivity contribution < 1.29 is 13.9 Å². The summed E-state index contributed by atoms with van der Waals surface area (Å²) in [6.07, 6.45) is 1.48. The molecule has 0 bridgehead atoms. The molecule has 1 heterocycles. The number of hydrogen-bond donors (Lipinski definition) is 1. The van der Waals surface area contributed by atoms with Crippen LogP contribution in [0.4, 0.5) is 4.39 Å². The van der Waals surface area contributed by atoms with Crippen molar-refractivity contribution in [3.8, 4) is 0 Å². The second-order valence-corrected chi connectivity index (χ2v) is 5.84. The van der Waals surface area contributed by atoms with Crippen molar-refractivity contribution in [2.45, 2.75) is 6.54 Å². The predicted molar refractivity (Wildman–Crippen MR) is 94.0 cm³/mol. The van der Waals surface area contributed by atoms with Crippen LogP contribution in [0.3, 0.4) is 0 Å². The maximum absolute atomic E-state index is 12.8. The number of carbonyl (C=O) groups excluding carboxylic acids is 1. The molecule has 2 aromatic carbocycles. The summed E-state index contributed by atoms with van der Waals surface area (Å²) >= 11 is 0. The van der Waals surface area contributed by atoms with Crippen LogP contribution < -0.4 is 5.43 Å². The summed E-state index contributed by atoms with van der Waals surface area (Å²) in [6, 6.07) is 13.3. The molecular formula is C19H20FN3O2. The van der Waals surface area contributed by atoms with E-state index in [0.29, 0.717) is 11.1 Å². The van der Waals surface area contributed by atoms with Crippen molar-refractivity contribution in [3.63, 3.8) is 0 Å². The Morgan fingerprint density at radius 2 is 1.80 bits per heavy atom. The third kappa shape index (κ3) is 5.20. The van der Waals surface area contributed by atoms with Gasteiger partial charge in [-0.25, -0.2) is 9.82 Å². The zero-order valence-corrected chi connectivity index (χ0v) is 13.8. The molecule has 0 unspecified atom stereocenters. The molecule has 6 heteroatoms. The summed E-state index contributed by atoms with van der Waals surface area (Å²) in [4.78, 5) is 14.4. The minimum Gasteiger partial charge on any atom is -0.379 e. The van der Waals surface area contributed by atoms with E-state index in [1.165, 1.54) is 18.3 Å². The lowest BCUT2D eigenvalue weighted by atomic mass is 10.1. The van der Waals surface area contributed by atoms with Crippen molar-refractivity contribution in [1.29, 1.82) is 0 Å². The smallest absolute Gasteiger partial charge is 0.271 e. The number of nitrogens with zero attached hydrogens (tertiary/aromatic N) is 2. The number of carbonyl (C=O) groups is 1. The van der Waals surface area contributed by atoms with Crippen molar-refractivity contribution in [2.75, 3.05) is 26.3 Å². The predicted octanol–water partition coefficient (Wildman–Crippen LogP) is 2.42. The van der Waals surface area contributed by atoms with Gasteiger partial charge >= 0.3 is 0 Å². The van der Waals surface area contributed by atoms with E-state index in [9.17, 15) is 9.18 Å². The van der Waals surface area contributed by atoms with Gasteiger partial charge in [0, 0.05) is 25.2 Å². The van der Waals surface area contributed by atoms with Crippen molar-refractivity contribution in [1.82, 2.24) is 10.3 Å². The molecule has 3 rings (SSSR count). The average molecular weight is 341 g/mol. The van der Waals surface area contributed by atoms with Crippen LogP contribution in [0.2, 0.25) is 0 Å². The van der Waals surface area contributed by atoms with Crippen LogP contribution in [0, 0.1) is 5.82 Å². The van der Waals surface area contributed by atoms with Gasteiger partial charge in [0.25, 0.3) is 5.91 Å². The van der Waals surface area contributed by atoms with Gasteiger partial charge in [-0.3, -0.25) is 9.69 Å². The molecule has 0 aromatic heterocycles. The molecule has 1 N–H and O–H groups in total. The third-order valence-electron chi connectivity index (χ3n) is 3.98. The monoisotopic (exact) mass is 341 g/mol. The highest BCUT2D eigenvalue weighted by atomic mass is 19.1. The highest BCUT2D eigenvalue weighted by molar-refractivity contribution is 5.94. The Labute approximate surface area is 146 Å². The van der Waals surface area contributed by atoms with Crippen LogP contribution in [0.25, 0.3) is 0 Å². The summed E-state index contributed by atoms with van der Waals surface area (Å²) in [5.74, 6) is -0.588. The molecule has 0 saturated carbocycles. The van der Waals surface area contributed by atoms with E-state index in [1.807, 2.05) is 12.1 Å². The molecule has 25 heavy (non-hydrogen) atoms. The molecule has 1 aliphatic heterocycles. The van der Waals surface area contributed by atoms with Gasteiger partial charge in [0.05, 0.1) is 19.4 Å². The molecule has 0 aliphatic carbocycles. The second kappa shape index (κ2) is 8.50. The minimum atomic E-state index is -0.307. The molecule has 1 saturated heterocycles. The standard InChI is InChI=1S/C19H20FN3O2/c20-18-7-3-15(4-8-18)13-21-22-19(24)17-5-1-16(2-6-17)14-23-9-11-25-12-10-23/h1-8,13H,9-12,14H2,(H,22,24)/b21-13+. The molecule has 0 radical (unpaired) electrons. The molecule has 1 fully saturated rings. The van der Waals surface area contributed by atoms with E-state index in [1.54, 1.807) is 24.3 Å². The molecule has 1 aliphatic rings. The molecule has 5 nitrogen and oxygen atoms in total. The van der Waals surface area contributed by atoms with E-state index in [0.717, 1.165) is 38.4 Å². The Morgan fingerprint density at radius 3 is 2.48 bits per heavy atom. The van der Waals surface area contributed by atoms with Crippen LogP contribution in [0.1, 0.15) is 21.5 Å². The summed E-state index contributed by atoms with van der Waals surface area (Å²) in [6.45, 7) is 4.26. The van der Waals surface area contributed by atoms with E-state index < -0.39 is 0 Å². The number of amides is 1. The molecule has 1 amide bonds. The fourth-order valence-electron chi connectivity index (χ4n) is 2.56. The van der Waals surface area contributed by atoms with Gasteiger partial charge in [-0.15, -0.1) is 0 Å². The molecule has 0 atom stereocenters. The van der Waals surface area contributed by atoms with Crippen LogP contribution in [0.15, 0.2) is 53.6 Å². The average Bonchev–Trinajstić information content (AvgIpc) is 2.65. The lowest BCUT2D eigenvalue weighted by molar-refractivity contribution is 0.0342. The number of halogens is 1. The Kier molecular flexibility index (Phi) is 5.87. The van der Waals surface area contributed by atoms with Gasteiger partial charge in [-0.1, -0.05) is 24.3 Å². The zero-order valence-electron chi connectivity index (χ0n) is 13.8. The van der Waals surface area contributed by atoms with E-state index >= 15 is 0 Å². The third-order valence-corrected chi connectivity index (χ3v) is 3.98. The molecular weight excluding hydrogens is 321 g/mol. The largest absolute Gasteiger partial charge is 0.379 e. The number of ether oxygens (including phenoxy) is 1. The van der Waals surface area contributed by atoms with Crippen molar-refractivity contribution in [2.24, 2.45) is 5.10 Å². The first kappa shape index (κ1) is 17.3. The normalized spacial score (nSPS) is 15.4. The molecule has 2 aromatic rings. The first-order valence-electron chi connectivity index (χ1n) is 8.19. The summed E-state index contributed by atoms with van der Waals surface area (Å²) in [5.41, 5.74) is 4.89. The Morgan fingerprint density at radius 1 is 1.12 bits per heavy atom. The van der Waals surface area contributed by atoms with Crippen LogP contribution >= 0.6 is 0 Å². The van der Waals surface area contributed by atoms with Crippen LogP contribution in [0.5, 0.6) is 0 Å². The SMILES string of the molecule is O=C(N/N=C/c1ccc(F)cc1)c1ccc(CN2CCOCC2)cc1. The maximum atomic E-state index is 12.8. The Balaban J connectivity index is 1.52. The molecule has 0 spiro atoms. The number of hydrogen-bond acceptors (Lipinski definition) is 4. The minimum absolute atomic E-state index is 0.281. The van der Waals surface area contributed by atoms with Crippen molar-refractivity contribution >= 4 is 12.1 Å². The number of nitrogens with one attached hydrogen (secondary N) is 1. The Bertz CT molecular complexity index is 723. The lowest BCUT2D eigenvalue weighted by Crippen LogP contribution is -2.35. The van der Waals surface area contributed by atoms with Gasteiger partial charge in [-0.2, -0.15) is 5.10 Å². The van der Waals surface area contributed by atoms with E-state index in [2.05, 4.69) is 15.4 Å². The van der Waals surface area contributed by atoms with Crippen LogP contribution in [-0.2, 0) is 11.3 Å². The number of hydrazone groups is 1. The van der Waals surface area contributed by atoms with Gasteiger partial charge in [0.2, 0.25) is 0 Å². The Hall–Kier alpha value is -2.57. The lowest BCUT2D eigenvalue weighted by Gasteiger charge is -2.26. The number of benzene rings is 2. The second-order valence-electron chi connectivity index (χ2n) is 5.84. The van der Waals surface area contributed by atoms with Crippen molar-refractivity contribution in [3.05, 3.63) is 71.0 Å². The first-order valence-corrected chi connectivity index (χ1v) is 8.19. The number of rotatable bonds is 5. The highest BCUT2D eigenvalue weighted by Crippen LogP contribution is 2.09. The van der Waals surface area contributed by atoms with E-state index in [4.69, 9.17) is 4.74 Å². The zero-order chi connectivity index (χ0) is 17.5. The fourth-order valence-corrected chi connectivity index (χ4v) is 2.56. The first-order chi connectivity index (χ1) is 12.2. The number of morpholine rings is 1. The summed E-state index contributed by atoms with van der Waals surface area (Å²) in [7, 11) is 0. The maximum Gasteiger partial charge on any atom is 0.271 e. The topological polar surface area (TPSA) is 53.9 Å². The highest BCUT2D eigenvalue weighted by Gasteiger charge is 2.11. The summed E-state index contributed by atoms with van der Waals surface area (Å²) in [5, 5.41) is 3.89. The fraction of sp³-hybridized carbons (Fsp3) is 0.263. The van der Waals surface area contributed by atoms with Gasteiger partial charge in [0.1, 0.15) is 5.82 Å². The molecule has 130 valence electrons. The summed E-state index contributed by atoms with van der Waals surface area (Å²) < 4.78 is 18.2. The van der Waals surface area contributed by atoms with Gasteiger partial charge in [-0.05, 0) is 35.4 Å². The van der Waals surface area contributed by atoms with Gasteiger partial charge in [0.15, 0.2) is 0 Å².